The standard InChI is InChI=1S/C21H16BrN3O3/c22-14-5-3-4-13(10-14)12-28-19-7-2-1-6-16(19)20(26)23-15-8-9-17-18(11-15)25-21(27)24-17/h1-11H,12H2,(H,23,26)(H2,24,25,27). The number of para-hydroxylation sites is 1. The SMILES string of the molecule is O=C(Nc1ccc2[nH]c(=O)[nH]c2c1)c1ccccc1OCc1cccc(Br)c1. The minimum absolute atomic E-state index is 0.287. The predicted molar refractivity (Wildman–Crippen MR) is 112 cm³/mol. The Morgan fingerprint density at radius 3 is 2.64 bits per heavy atom. The maximum Gasteiger partial charge on any atom is 0.323 e. The summed E-state index contributed by atoms with van der Waals surface area (Å²) in [5.41, 5.74) is 3.02. The molecule has 0 radical (unpaired) electrons. The summed E-state index contributed by atoms with van der Waals surface area (Å²) >= 11 is 3.44. The average molecular weight is 438 g/mol. The largest absolute Gasteiger partial charge is 0.488 e. The van der Waals surface area contributed by atoms with E-state index in [1.807, 2.05) is 30.3 Å². The molecule has 0 saturated heterocycles. The lowest BCUT2D eigenvalue weighted by Gasteiger charge is -2.12. The van der Waals surface area contributed by atoms with Gasteiger partial charge in [-0.15, -0.1) is 0 Å². The molecule has 4 aromatic rings. The number of amides is 1. The van der Waals surface area contributed by atoms with E-state index in [1.165, 1.54) is 0 Å². The van der Waals surface area contributed by atoms with Gasteiger partial charge in [0.15, 0.2) is 0 Å². The second-order valence-corrected chi connectivity index (χ2v) is 7.12. The molecule has 0 unspecified atom stereocenters. The molecule has 0 aliphatic rings. The molecule has 0 saturated carbocycles. The highest BCUT2D eigenvalue weighted by atomic mass is 79.9. The van der Waals surface area contributed by atoms with Crippen molar-refractivity contribution in [2.75, 3.05) is 5.32 Å². The number of benzene rings is 3. The van der Waals surface area contributed by atoms with E-state index in [9.17, 15) is 9.59 Å². The lowest BCUT2D eigenvalue weighted by Crippen LogP contribution is -2.13. The van der Waals surface area contributed by atoms with Crippen LogP contribution in [0.5, 0.6) is 5.75 Å². The third kappa shape index (κ3) is 3.99. The van der Waals surface area contributed by atoms with Crippen LogP contribution < -0.4 is 15.7 Å². The highest BCUT2D eigenvalue weighted by molar-refractivity contribution is 9.10. The Hall–Kier alpha value is -3.32. The van der Waals surface area contributed by atoms with Crippen molar-refractivity contribution < 1.29 is 9.53 Å². The minimum atomic E-state index is -0.290. The summed E-state index contributed by atoms with van der Waals surface area (Å²) in [6.07, 6.45) is 0. The van der Waals surface area contributed by atoms with Crippen LogP contribution in [-0.4, -0.2) is 15.9 Å². The number of aromatic nitrogens is 2. The van der Waals surface area contributed by atoms with Gasteiger partial charge in [0.1, 0.15) is 12.4 Å². The Kier molecular flexibility index (Phi) is 4.99. The normalized spacial score (nSPS) is 10.8. The number of H-pyrrole nitrogens is 2. The van der Waals surface area contributed by atoms with Crippen LogP contribution >= 0.6 is 15.9 Å². The first-order valence-electron chi connectivity index (χ1n) is 8.58. The van der Waals surface area contributed by atoms with Crippen LogP contribution in [0.4, 0.5) is 5.69 Å². The molecule has 28 heavy (non-hydrogen) atoms. The van der Waals surface area contributed by atoms with Gasteiger partial charge >= 0.3 is 5.69 Å². The van der Waals surface area contributed by atoms with Gasteiger partial charge in [-0.1, -0.05) is 40.2 Å². The number of anilines is 1. The molecule has 0 spiro atoms. The van der Waals surface area contributed by atoms with Crippen molar-refractivity contribution in [3.05, 3.63) is 92.8 Å². The maximum atomic E-state index is 12.8. The molecular weight excluding hydrogens is 422 g/mol. The van der Waals surface area contributed by atoms with E-state index in [0.29, 0.717) is 34.6 Å². The topological polar surface area (TPSA) is 87.0 Å². The summed E-state index contributed by atoms with van der Waals surface area (Å²) in [4.78, 5) is 29.5. The highest BCUT2D eigenvalue weighted by Gasteiger charge is 2.13. The number of rotatable bonds is 5. The molecule has 0 bridgehead atoms. The van der Waals surface area contributed by atoms with Crippen molar-refractivity contribution in [3.63, 3.8) is 0 Å². The van der Waals surface area contributed by atoms with E-state index in [0.717, 1.165) is 10.0 Å². The van der Waals surface area contributed by atoms with Crippen LogP contribution in [-0.2, 0) is 6.61 Å². The first kappa shape index (κ1) is 18.1. The van der Waals surface area contributed by atoms with Crippen molar-refractivity contribution in [1.29, 1.82) is 0 Å². The zero-order chi connectivity index (χ0) is 19.5. The quantitative estimate of drug-likeness (QED) is 0.430. The minimum Gasteiger partial charge on any atom is -0.488 e. The fraction of sp³-hybridized carbons (Fsp3) is 0.0476. The number of nitrogens with one attached hydrogen (secondary N) is 3. The van der Waals surface area contributed by atoms with Crippen LogP contribution in [0.25, 0.3) is 11.0 Å². The van der Waals surface area contributed by atoms with Crippen LogP contribution in [0, 0.1) is 0 Å². The van der Waals surface area contributed by atoms with Gasteiger partial charge in [-0.2, -0.15) is 0 Å². The molecule has 140 valence electrons. The van der Waals surface area contributed by atoms with E-state index in [4.69, 9.17) is 4.74 Å². The number of hydrogen-bond donors (Lipinski definition) is 3. The monoisotopic (exact) mass is 437 g/mol. The molecule has 3 N–H and O–H groups in total. The van der Waals surface area contributed by atoms with Crippen molar-refractivity contribution in [2.45, 2.75) is 6.61 Å². The zero-order valence-corrected chi connectivity index (χ0v) is 16.2. The van der Waals surface area contributed by atoms with E-state index in [2.05, 4.69) is 31.2 Å². The maximum absolute atomic E-state index is 12.8. The molecule has 1 amide bonds. The smallest absolute Gasteiger partial charge is 0.323 e. The molecule has 7 heteroatoms. The van der Waals surface area contributed by atoms with Crippen molar-refractivity contribution in [2.24, 2.45) is 0 Å². The number of carbonyl (C=O) groups is 1. The average Bonchev–Trinajstić information content (AvgIpc) is 3.06. The number of imidazole rings is 1. The molecule has 1 heterocycles. The molecule has 0 atom stereocenters. The van der Waals surface area contributed by atoms with Gasteiger partial charge in [0.25, 0.3) is 5.91 Å². The van der Waals surface area contributed by atoms with E-state index >= 15 is 0 Å². The third-order valence-corrected chi connectivity index (χ3v) is 4.68. The van der Waals surface area contributed by atoms with E-state index < -0.39 is 0 Å². The first-order valence-corrected chi connectivity index (χ1v) is 9.37. The Labute approximate surface area is 168 Å². The van der Waals surface area contributed by atoms with Gasteiger partial charge in [-0.05, 0) is 48.0 Å². The summed E-state index contributed by atoms with van der Waals surface area (Å²) in [6.45, 7) is 0.347. The summed E-state index contributed by atoms with van der Waals surface area (Å²) in [5, 5.41) is 2.84. The van der Waals surface area contributed by atoms with Gasteiger partial charge in [0.2, 0.25) is 0 Å². The lowest BCUT2D eigenvalue weighted by atomic mass is 10.1. The number of halogens is 1. The van der Waals surface area contributed by atoms with Gasteiger partial charge in [0.05, 0.1) is 16.6 Å². The number of hydrogen-bond acceptors (Lipinski definition) is 3. The zero-order valence-electron chi connectivity index (χ0n) is 14.7. The molecule has 6 nitrogen and oxygen atoms in total. The summed E-state index contributed by atoms with van der Waals surface area (Å²) in [5.74, 6) is 0.207. The van der Waals surface area contributed by atoms with Crippen molar-refractivity contribution >= 4 is 38.6 Å². The second kappa shape index (κ2) is 7.74. The predicted octanol–water partition coefficient (Wildman–Crippen LogP) is 4.45. The number of carbonyl (C=O) groups excluding carboxylic acids is 1. The highest BCUT2D eigenvalue weighted by Crippen LogP contribution is 2.22. The molecule has 0 aliphatic carbocycles. The Balaban J connectivity index is 1.52. The Morgan fingerprint density at radius 1 is 0.964 bits per heavy atom. The van der Waals surface area contributed by atoms with Gasteiger partial charge in [0, 0.05) is 10.2 Å². The van der Waals surface area contributed by atoms with Gasteiger partial charge < -0.3 is 20.0 Å². The summed E-state index contributed by atoms with van der Waals surface area (Å²) in [7, 11) is 0. The van der Waals surface area contributed by atoms with Gasteiger partial charge in [-0.25, -0.2) is 4.79 Å². The van der Waals surface area contributed by atoms with Gasteiger partial charge in [-0.3, -0.25) is 4.79 Å². The second-order valence-electron chi connectivity index (χ2n) is 6.21. The lowest BCUT2D eigenvalue weighted by molar-refractivity contribution is 0.102. The molecule has 0 aliphatic heterocycles. The van der Waals surface area contributed by atoms with Crippen LogP contribution in [0.2, 0.25) is 0 Å². The number of aromatic amines is 2. The third-order valence-electron chi connectivity index (χ3n) is 4.19. The van der Waals surface area contributed by atoms with Crippen LogP contribution in [0.1, 0.15) is 15.9 Å². The Morgan fingerprint density at radius 2 is 1.79 bits per heavy atom. The Bertz CT molecular complexity index is 1210. The molecule has 0 fully saturated rings. The fourth-order valence-electron chi connectivity index (χ4n) is 2.88. The summed E-state index contributed by atoms with van der Waals surface area (Å²) in [6, 6.07) is 20.1. The van der Waals surface area contributed by atoms with E-state index in [1.54, 1.807) is 36.4 Å². The molecule has 1 aromatic heterocycles. The van der Waals surface area contributed by atoms with Crippen molar-refractivity contribution in [3.8, 4) is 5.75 Å². The molecule has 4 rings (SSSR count). The van der Waals surface area contributed by atoms with Crippen LogP contribution in [0.15, 0.2) is 76.0 Å². The molecule has 3 aromatic carbocycles. The van der Waals surface area contributed by atoms with Crippen LogP contribution in [0.3, 0.4) is 0 Å². The number of ether oxygens (including phenoxy) is 1. The van der Waals surface area contributed by atoms with E-state index in [-0.39, 0.29) is 11.6 Å². The van der Waals surface area contributed by atoms with Crippen molar-refractivity contribution in [1.82, 2.24) is 9.97 Å². The molecular formula is C21H16BrN3O3. The first-order chi connectivity index (χ1) is 13.6. The fourth-order valence-corrected chi connectivity index (χ4v) is 3.32. The number of fused-ring (bicyclic) bond motifs is 1. The summed E-state index contributed by atoms with van der Waals surface area (Å²) < 4.78 is 6.85.